The van der Waals surface area contributed by atoms with Crippen molar-refractivity contribution in [1.29, 1.82) is 0 Å². The number of ether oxygens (including phenoxy) is 1. The number of rotatable bonds is 7. The zero-order valence-electron chi connectivity index (χ0n) is 10.8. The Labute approximate surface area is 110 Å². The molecule has 6 heteroatoms. The maximum Gasteiger partial charge on any atom is 0.254 e. The van der Waals surface area contributed by atoms with E-state index >= 15 is 0 Å². The molecule has 0 aliphatic rings. The van der Waals surface area contributed by atoms with Gasteiger partial charge in [-0.2, -0.15) is 0 Å². The second-order valence-electron chi connectivity index (χ2n) is 4.08. The number of anilines is 1. The van der Waals surface area contributed by atoms with Crippen LogP contribution in [0, 0.1) is 11.6 Å². The lowest BCUT2D eigenvalue weighted by Crippen LogP contribution is -2.26. The molecule has 0 atom stereocenters. The zero-order chi connectivity index (χ0) is 14.3. The molecule has 0 spiro atoms. The summed E-state index contributed by atoms with van der Waals surface area (Å²) in [5.41, 5.74) is 4.79. The van der Waals surface area contributed by atoms with Gasteiger partial charge < -0.3 is 15.8 Å². The van der Waals surface area contributed by atoms with Gasteiger partial charge in [0.05, 0.1) is 11.3 Å². The summed E-state index contributed by atoms with van der Waals surface area (Å²) in [5.74, 6) is -2.41. The SMILES string of the molecule is CCCOCCCNC(=O)c1cc(N)c(F)cc1F. The van der Waals surface area contributed by atoms with Crippen LogP contribution < -0.4 is 11.1 Å². The van der Waals surface area contributed by atoms with Gasteiger partial charge in [0, 0.05) is 25.8 Å². The molecule has 106 valence electrons. The maximum absolute atomic E-state index is 13.4. The van der Waals surface area contributed by atoms with Crippen LogP contribution in [0.3, 0.4) is 0 Å². The Balaban J connectivity index is 2.43. The molecular formula is C13H18F2N2O2. The molecule has 1 aromatic carbocycles. The van der Waals surface area contributed by atoms with Crippen LogP contribution in [0.1, 0.15) is 30.1 Å². The average Bonchev–Trinajstić information content (AvgIpc) is 2.37. The smallest absolute Gasteiger partial charge is 0.254 e. The van der Waals surface area contributed by atoms with Crippen molar-refractivity contribution in [2.24, 2.45) is 0 Å². The minimum atomic E-state index is -0.925. The quantitative estimate of drug-likeness (QED) is 0.590. The molecule has 0 fully saturated rings. The van der Waals surface area contributed by atoms with Gasteiger partial charge in [-0.15, -0.1) is 0 Å². The first-order valence-corrected chi connectivity index (χ1v) is 6.16. The maximum atomic E-state index is 13.4. The Morgan fingerprint density at radius 2 is 2.05 bits per heavy atom. The fourth-order valence-electron chi connectivity index (χ4n) is 1.46. The summed E-state index contributed by atoms with van der Waals surface area (Å²) in [5, 5.41) is 2.53. The lowest BCUT2D eigenvalue weighted by molar-refractivity contribution is 0.0937. The first-order chi connectivity index (χ1) is 9.06. The van der Waals surface area contributed by atoms with Crippen LogP contribution in [-0.4, -0.2) is 25.7 Å². The third kappa shape index (κ3) is 4.82. The highest BCUT2D eigenvalue weighted by Crippen LogP contribution is 2.16. The molecule has 0 aliphatic carbocycles. The Morgan fingerprint density at radius 1 is 1.32 bits per heavy atom. The summed E-state index contributed by atoms with van der Waals surface area (Å²) in [7, 11) is 0. The molecule has 0 heterocycles. The highest BCUT2D eigenvalue weighted by Gasteiger charge is 2.14. The summed E-state index contributed by atoms with van der Waals surface area (Å²) in [4.78, 5) is 11.6. The number of carbonyl (C=O) groups is 1. The topological polar surface area (TPSA) is 64.3 Å². The van der Waals surface area contributed by atoms with Gasteiger partial charge in [0.15, 0.2) is 0 Å². The lowest BCUT2D eigenvalue weighted by Gasteiger charge is -2.07. The monoisotopic (exact) mass is 272 g/mol. The van der Waals surface area contributed by atoms with Gasteiger partial charge in [-0.1, -0.05) is 6.92 Å². The van der Waals surface area contributed by atoms with E-state index in [0.717, 1.165) is 12.5 Å². The number of halogens is 2. The number of amides is 1. The summed E-state index contributed by atoms with van der Waals surface area (Å²) in [6, 6.07) is 1.60. The third-order valence-corrected chi connectivity index (χ3v) is 2.43. The fraction of sp³-hybridized carbons (Fsp3) is 0.462. The van der Waals surface area contributed by atoms with E-state index < -0.39 is 17.5 Å². The second-order valence-corrected chi connectivity index (χ2v) is 4.08. The highest BCUT2D eigenvalue weighted by molar-refractivity contribution is 5.95. The van der Waals surface area contributed by atoms with E-state index in [-0.39, 0.29) is 11.3 Å². The minimum absolute atomic E-state index is 0.252. The summed E-state index contributed by atoms with van der Waals surface area (Å²) in [6.45, 7) is 3.57. The Morgan fingerprint density at radius 3 is 2.74 bits per heavy atom. The van der Waals surface area contributed by atoms with Gasteiger partial charge >= 0.3 is 0 Å². The number of benzene rings is 1. The Bertz CT molecular complexity index is 439. The van der Waals surface area contributed by atoms with Crippen molar-refractivity contribution < 1.29 is 18.3 Å². The summed E-state index contributed by atoms with van der Waals surface area (Å²) >= 11 is 0. The van der Waals surface area contributed by atoms with Crippen molar-refractivity contribution >= 4 is 11.6 Å². The van der Waals surface area contributed by atoms with Crippen molar-refractivity contribution in [3.63, 3.8) is 0 Å². The predicted octanol–water partition coefficient (Wildman–Crippen LogP) is 2.09. The summed E-state index contributed by atoms with van der Waals surface area (Å²) < 4.78 is 31.5. The molecule has 0 bridgehead atoms. The molecule has 4 nitrogen and oxygen atoms in total. The number of nitrogen functional groups attached to an aromatic ring is 1. The molecule has 3 N–H and O–H groups in total. The van der Waals surface area contributed by atoms with Crippen molar-refractivity contribution in [3.8, 4) is 0 Å². The van der Waals surface area contributed by atoms with Gasteiger partial charge in [-0.3, -0.25) is 4.79 Å². The minimum Gasteiger partial charge on any atom is -0.396 e. The van der Waals surface area contributed by atoms with E-state index in [4.69, 9.17) is 10.5 Å². The molecule has 0 unspecified atom stereocenters. The van der Waals surface area contributed by atoms with Crippen molar-refractivity contribution in [2.75, 3.05) is 25.5 Å². The standard InChI is InChI=1S/C13H18F2N2O2/c1-2-5-19-6-3-4-17-13(18)9-7-12(16)11(15)8-10(9)14/h7-8H,2-6,16H2,1H3,(H,17,18). The first kappa shape index (κ1) is 15.4. The Hall–Kier alpha value is -1.69. The normalized spacial score (nSPS) is 10.5. The molecular weight excluding hydrogens is 254 g/mol. The van der Waals surface area contributed by atoms with Gasteiger partial charge in [0.25, 0.3) is 5.91 Å². The van der Waals surface area contributed by atoms with Gasteiger partial charge in [0.2, 0.25) is 0 Å². The first-order valence-electron chi connectivity index (χ1n) is 6.16. The second kappa shape index (κ2) is 7.68. The average molecular weight is 272 g/mol. The van der Waals surface area contributed by atoms with Crippen LogP contribution in [0.2, 0.25) is 0 Å². The molecule has 0 aromatic heterocycles. The van der Waals surface area contributed by atoms with Crippen molar-refractivity contribution in [2.45, 2.75) is 19.8 Å². The van der Waals surface area contributed by atoms with Crippen molar-refractivity contribution in [3.05, 3.63) is 29.3 Å². The molecule has 0 saturated carbocycles. The predicted molar refractivity (Wildman–Crippen MR) is 68.8 cm³/mol. The van der Waals surface area contributed by atoms with E-state index in [1.165, 1.54) is 0 Å². The number of carbonyl (C=O) groups excluding carboxylic acids is 1. The van der Waals surface area contributed by atoms with Gasteiger partial charge in [-0.25, -0.2) is 8.78 Å². The van der Waals surface area contributed by atoms with Crippen LogP contribution in [0.4, 0.5) is 14.5 Å². The molecule has 1 amide bonds. The van der Waals surface area contributed by atoms with Crippen LogP contribution >= 0.6 is 0 Å². The molecule has 0 radical (unpaired) electrons. The van der Waals surface area contributed by atoms with Crippen LogP contribution in [-0.2, 0) is 4.74 Å². The molecule has 1 aromatic rings. The van der Waals surface area contributed by atoms with Crippen LogP contribution in [0.15, 0.2) is 12.1 Å². The van der Waals surface area contributed by atoms with E-state index in [1.807, 2.05) is 6.92 Å². The van der Waals surface area contributed by atoms with Gasteiger partial charge in [-0.05, 0) is 18.9 Å². The summed E-state index contributed by atoms with van der Waals surface area (Å²) in [6.07, 6.45) is 1.57. The highest BCUT2D eigenvalue weighted by atomic mass is 19.1. The third-order valence-electron chi connectivity index (χ3n) is 2.43. The number of nitrogens with one attached hydrogen (secondary N) is 1. The zero-order valence-corrected chi connectivity index (χ0v) is 10.8. The molecule has 19 heavy (non-hydrogen) atoms. The van der Waals surface area contributed by atoms with E-state index in [2.05, 4.69) is 5.32 Å². The number of hydrogen-bond donors (Lipinski definition) is 2. The van der Waals surface area contributed by atoms with E-state index in [0.29, 0.717) is 32.2 Å². The number of nitrogens with two attached hydrogens (primary N) is 1. The van der Waals surface area contributed by atoms with E-state index in [9.17, 15) is 13.6 Å². The fourth-order valence-corrected chi connectivity index (χ4v) is 1.46. The lowest BCUT2D eigenvalue weighted by atomic mass is 10.1. The van der Waals surface area contributed by atoms with Crippen LogP contribution in [0.5, 0.6) is 0 Å². The number of hydrogen-bond acceptors (Lipinski definition) is 3. The molecule has 0 saturated heterocycles. The van der Waals surface area contributed by atoms with Gasteiger partial charge in [0.1, 0.15) is 11.6 Å². The van der Waals surface area contributed by atoms with Crippen LogP contribution in [0.25, 0.3) is 0 Å². The molecule has 0 aliphatic heterocycles. The Kier molecular flexibility index (Phi) is 6.21. The molecule has 1 rings (SSSR count). The van der Waals surface area contributed by atoms with Crippen molar-refractivity contribution in [1.82, 2.24) is 5.32 Å². The largest absolute Gasteiger partial charge is 0.396 e. The van der Waals surface area contributed by atoms with E-state index in [1.54, 1.807) is 0 Å².